The molecule has 0 radical (unpaired) electrons. The molecule has 0 bridgehead atoms. The average Bonchev–Trinajstić information content (AvgIpc) is 2.74. The molecular weight excluding hydrogens is 378 g/mol. The van der Waals surface area contributed by atoms with Gasteiger partial charge in [-0.2, -0.15) is 4.31 Å². The van der Waals surface area contributed by atoms with Crippen molar-refractivity contribution in [1.29, 1.82) is 0 Å². The number of hydrogen-bond acceptors (Lipinski definition) is 2. The van der Waals surface area contributed by atoms with Crippen LogP contribution in [0.25, 0.3) is 6.08 Å². The highest BCUT2D eigenvalue weighted by molar-refractivity contribution is 7.89. The van der Waals surface area contributed by atoms with E-state index >= 15 is 0 Å². The van der Waals surface area contributed by atoms with Crippen molar-refractivity contribution in [3.8, 4) is 11.8 Å². The number of hydrogen-bond donors (Lipinski definition) is 0. The Balaban J connectivity index is 1.83. The van der Waals surface area contributed by atoms with E-state index in [1.165, 1.54) is 4.31 Å². The van der Waals surface area contributed by atoms with Crippen LogP contribution in [-0.4, -0.2) is 25.8 Å². The van der Waals surface area contributed by atoms with Crippen molar-refractivity contribution in [2.75, 3.05) is 13.1 Å². The summed E-state index contributed by atoms with van der Waals surface area (Å²) in [5, 5.41) is 0. The Kier molecular flexibility index (Phi) is 7.02. The summed E-state index contributed by atoms with van der Waals surface area (Å²) in [5.41, 5.74) is 2.90. The lowest BCUT2D eigenvalue weighted by Crippen LogP contribution is -2.31. The molecule has 3 aromatic rings. The highest BCUT2D eigenvalue weighted by atomic mass is 32.2. The van der Waals surface area contributed by atoms with Gasteiger partial charge in [0.25, 0.3) is 0 Å². The van der Waals surface area contributed by atoms with Crippen molar-refractivity contribution >= 4 is 16.1 Å². The molecule has 0 spiro atoms. The molecule has 3 rings (SSSR count). The molecule has 3 nitrogen and oxygen atoms in total. The lowest BCUT2D eigenvalue weighted by molar-refractivity contribution is 0.478. The van der Waals surface area contributed by atoms with Crippen LogP contribution >= 0.6 is 0 Å². The van der Waals surface area contributed by atoms with Crippen molar-refractivity contribution in [2.45, 2.75) is 11.8 Å². The van der Waals surface area contributed by atoms with Gasteiger partial charge < -0.3 is 0 Å². The van der Waals surface area contributed by atoms with Gasteiger partial charge in [-0.05, 0) is 36.8 Å². The Bertz CT molecular complexity index is 1110. The summed E-state index contributed by atoms with van der Waals surface area (Å²) in [6.07, 6.45) is 3.77. The second-order valence-corrected chi connectivity index (χ2v) is 8.53. The van der Waals surface area contributed by atoms with Gasteiger partial charge in [-0.1, -0.05) is 90.2 Å². The quantitative estimate of drug-likeness (QED) is 0.559. The van der Waals surface area contributed by atoms with Gasteiger partial charge in [0.05, 0.1) is 11.4 Å². The highest BCUT2D eigenvalue weighted by Crippen LogP contribution is 2.16. The third kappa shape index (κ3) is 5.92. The van der Waals surface area contributed by atoms with Crippen LogP contribution in [0.3, 0.4) is 0 Å². The zero-order chi connectivity index (χ0) is 20.5. The first-order valence-corrected chi connectivity index (χ1v) is 10.8. The molecule has 0 N–H and O–H groups in total. The topological polar surface area (TPSA) is 37.4 Å². The molecule has 0 saturated heterocycles. The van der Waals surface area contributed by atoms with E-state index in [9.17, 15) is 8.42 Å². The second kappa shape index (κ2) is 9.88. The van der Waals surface area contributed by atoms with E-state index in [1.807, 2.05) is 79.7 Å². The van der Waals surface area contributed by atoms with Crippen LogP contribution in [0.15, 0.2) is 95.9 Å². The number of benzene rings is 3. The molecule has 0 fully saturated rings. The zero-order valence-electron chi connectivity index (χ0n) is 16.3. The van der Waals surface area contributed by atoms with E-state index in [2.05, 4.69) is 11.8 Å². The zero-order valence-corrected chi connectivity index (χ0v) is 17.1. The molecule has 0 aliphatic rings. The molecule has 3 aromatic carbocycles. The molecule has 0 saturated carbocycles. The first-order chi connectivity index (χ1) is 14.1. The first kappa shape index (κ1) is 20.6. The standard InChI is InChI=1S/C25H23NO2S/c1-22-16-18-25(19-17-22)29(27,28)26(20-8-14-23-10-4-2-5-11-23)21-9-15-24-12-6-3-7-13-24/h2-8,10-14,16-19H,20-21H2,1H3/b14-8+. The van der Waals surface area contributed by atoms with Gasteiger partial charge in [0.2, 0.25) is 10.0 Å². The Morgan fingerprint density at radius 1 is 0.862 bits per heavy atom. The molecule has 0 heterocycles. The van der Waals surface area contributed by atoms with Gasteiger partial charge in [-0.25, -0.2) is 8.42 Å². The third-order valence-electron chi connectivity index (χ3n) is 4.34. The van der Waals surface area contributed by atoms with E-state index in [-0.39, 0.29) is 18.0 Å². The maximum Gasteiger partial charge on any atom is 0.244 e. The molecule has 0 aliphatic heterocycles. The summed E-state index contributed by atoms with van der Waals surface area (Å²) >= 11 is 0. The molecule has 0 aliphatic carbocycles. The molecule has 29 heavy (non-hydrogen) atoms. The number of nitrogens with zero attached hydrogens (tertiary/aromatic N) is 1. The Hall–Kier alpha value is -3.13. The fourth-order valence-corrected chi connectivity index (χ4v) is 4.02. The summed E-state index contributed by atoms with van der Waals surface area (Å²) in [5.74, 6) is 6.04. The average molecular weight is 402 g/mol. The van der Waals surface area contributed by atoms with Crippen LogP contribution in [-0.2, 0) is 10.0 Å². The minimum absolute atomic E-state index is 0.115. The maximum absolute atomic E-state index is 13.2. The van der Waals surface area contributed by atoms with Crippen LogP contribution in [0, 0.1) is 18.8 Å². The van der Waals surface area contributed by atoms with Crippen LogP contribution in [0.1, 0.15) is 16.7 Å². The van der Waals surface area contributed by atoms with Crippen molar-refractivity contribution in [2.24, 2.45) is 0 Å². The Morgan fingerprint density at radius 2 is 1.48 bits per heavy atom. The maximum atomic E-state index is 13.2. The van der Waals surface area contributed by atoms with Crippen molar-refractivity contribution in [1.82, 2.24) is 4.31 Å². The van der Waals surface area contributed by atoms with Crippen LogP contribution < -0.4 is 0 Å². The summed E-state index contributed by atoms with van der Waals surface area (Å²) in [7, 11) is -3.65. The minimum atomic E-state index is -3.65. The fraction of sp³-hybridized carbons (Fsp3) is 0.120. The van der Waals surface area contributed by atoms with Crippen molar-refractivity contribution < 1.29 is 8.42 Å². The molecule has 0 atom stereocenters. The first-order valence-electron chi connectivity index (χ1n) is 9.38. The second-order valence-electron chi connectivity index (χ2n) is 6.59. The largest absolute Gasteiger partial charge is 0.244 e. The van der Waals surface area contributed by atoms with Gasteiger partial charge in [-0.15, -0.1) is 0 Å². The number of sulfonamides is 1. The monoisotopic (exact) mass is 401 g/mol. The molecule has 146 valence electrons. The van der Waals surface area contributed by atoms with Gasteiger partial charge in [0.15, 0.2) is 0 Å². The van der Waals surface area contributed by atoms with Gasteiger partial charge in [0.1, 0.15) is 0 Å². The van der Waals surface area contributed by atoms with Gasteiger partial charge in [-0.3, -0.25) is 0 Å². The number of rotatable bonds is 6. The highest BCUT2D eigenvalue weighted by Gasteiger charge is 2.22. The Morgan fingerprint density at radius 3 is 2.14 bits per heavy atom. The summed E-state index contributed by atoms with van der Waals surface area (Å²) in [4.78, 5) is 0.276. The van der Waals surface area contributed by atoms with Crippen LogP contribution in [0.5, 0.6) is 0 Å². The van der Waals surface area contributed by atoms with Gasteiger partial charge in [0, 0.05) is 12.1 Å². The molecule has 0 amide bonds. The van der Waals surface area contributed by atoms with Crippen molar-refractivity contribution in [3.05, 3.63) is 108 Å². The third-order valence-corrected chi connectivity index (χ3v) is 6.17. The summed E-state index contributed by atoms with van der Waals surface area (Å²) in [6, 6.07) is 26.3. The predicted octanol–water partition coefficient (Wildman–Crippen LogP) is 4.75. The molecule has 4 heteroatoms. The SMILES string of the molecule is Cc1ccc(S(=O)(=O)N(CC#Cc2ccccc2)C/C=C/c2ccccc2)cc1. The summed E-state index contributed by atoms with van der Waals surface area (Å²) in [6.45, 7) is 2.29. The molecular formula is C25H23NO2S. The van der Waals surface area contributed by atoms with E-state index < -0.39 is 10.0 Å². The Labute approximate surface area is 173 Å². The van der Waals surface area contributed by atoms with E-state index in [1.54, 1.807) is 24.3 Å². The van der Waals surface area contributed by atoms with Gasteiger partial charge >= 0.3 is 0 Å². The lowest BCUT2D eigenvalue weighted by Gasteiger charge is -2.18. The summed E-state index contributed by atoms with van der Waals surface area (Å²) < 4.78 is 27.7. The fourth-order valence-electron chi connectivity index (χ4n) is 2.73. The minimum Gasteiger partial charge on any atom is -0.207 e. The van der Waals surface area contributed by atoms with Crippen molar-refractivity contribution in [3.63, 3.8) is 0 Å². The smallest absolute Gasteiger partial charge is 0.207 e. The molecule has 0 aromatic heterocycles. The predicted molar refractivity (Wildman–Crippen MR) is 119 cm³/mol. The lowest BCUT2D eigenvalue weighted by atomic mass is 10.2. The van der Waals surface area contributed by atoms with E-state index in [4.69, 9.17) is 0 Å². The number of aryl methyl sites for hydroxylation is 1. The van der Waals surface area contributed by atoms with Crippen LogP contribution in [0.4, 0.5) is 0 Å². The normalized spacial score (nSPS) is 11.4. The molecule has 0 unspecified atom stereocenters. The van der Waals surface area contributed by atoms with E-state index in [0.717, 1.165) is 16.7 Å². The van der Waals surface area contributed by atoms with Crippen LogP contribution in [0.2, 0.25) is 0 Å². The van der Waals surface area contributed by atoms with E-state index in [0.29, 0.717) is 0 Å².